The highest BCUT2D eigenvalue weighted by molar-refractivity contribution is 7.07. The molecule has 0 N–H and O–H groups in total. The number of carbonyl (C=O) groups is 2. The lowest BCUT2D eigenvalue weighted by Gasteiger charge is -2.25. The number of furan rings is 1. The molecule has 0 radical (unpaired) electrons. The van der Waals surface area contributed by atoms with Crippen molar-refractivity contribution in [1.82, 2.24) is 4.57 Å². The molecule has 2 aromatic heterocycles. The van der Waals surface area contributed by atoms with E-state index in [4.69, 9.17) is 18.6 Å². The van der Waals surface area contributed by atoms with Gasteiger partial charge in [0.2, 0.25) is 5.76 Å². The first-order valence-corrected chi connectivity index (χ1v) is 13.9. The Morgan fingerprint density at radius 1 is 1.05 bits per heavy atom. The zero-order valence-corrected chi connectivity index (χ0v) is 24.3. The Hall–Kier alpha value is -4.74. The Bertz CT molecular complexity index is 1800. The number of hydrogen-bond acceptors (Lipinski definition) is 10. The summed E-state index contributed by atoms with van der Waals surface area (Å²) < 4.78 is 23.0. The predicted octanol–water partition coefficient (Wildman–Crippen LogP) is 3.30. The van der Waals surface area contributed by atoms with Crippen LogP contribution in [0, 0.1) is 0 Å². The molecule has 0 saturated heterocycles. The van der Waals surface area contributed by atoms with Gasteiger partial charge < -0.3 is 23.5 Å². The number of carbonyl (C=O) groups excluding carboxylic acids is 2. The second-order valence-corrected chi connectivity index (χ2v) is 10.6. The lowest BCUT2D eigenvalue weighted by molar-refractivity contribution is -0.140. The van der Waals surface area contributed by atoms with Gasteiger partial charge in [0.25, 0.3) is 5.56 Å². The first-order valence-electron chi connectivity index (χ1n) is 13.1. The molecule has 4 aromatic rings. The minimum absolute atomic E-state index is 0.0495. The molecule has 3 heterocycles. The molecule has 216 valence electrons. The third-order valence-electron chi connectivity index (χ3n) is 6.60. The molecule has 1 aliphatic heterocycles. The van der Waals surface area contributed by atoms with E-state index < -0.39 is 18.0 Å². The van der Waals surface area contributed by atoms with Gasteiger partial charge in [-0.25, -0.2) is 14.6 Å². The number of hydrogen-bond donors (Lipinski definition) is 0. The van der Waals surface area contributed by atoms with Crippen LogP contribution in [0.2, 0.25) is 0 Å². The summed E-state index contributed by atoms with van der Waals surface area (Å²) in [5.74, 6) is -0.890. The van der Waals surface area contributed by atoms with Gasteiger partial charge in [0.05, 0.1) is 34.7 Å². The molecule has 0 bridgehead atoms. The van der Waals surface area contributed by atoms with Gasteiger partial charge in [-0.1, -0.05) is 35.6 Å². The minimum Gasteiger partial charge on any atom is -0.460 e. The monoisotopic (exact) mass is 587 g/mol. The molecule has 0 spiro atoms. The standard InChI is InChI=1S/C31H29N3O7S/c1-19-26(30(37)40-17-16-38-4)27(21-9-13-23(14-10-21)41-29(36)24-6-5-15-39-24)34-28(35)25(42-31(34)32-19)18-20-7-11-22(12-8-20)33(2)3/h5-15,18,27H,16-17H2,1-4H3/b25-18+. The van der Waals surface area contributed by atoms with Crippen molar-refractivity contribution in [2.45, 2.75) is 13.0 Å². The van der Waals surface area contributed by atoms with Gasteiger partial charge in [0.15, 0.2) is 4.80 Å². The van der Waals surface area contributed by atoms with Crippen LogP contribution in [0.4, 0.5) is 5.69 Å². The van der Waals surface area contributed by atoms with Crippen molar-refractivity contribution in [3.05, 3.63) is 115 Å². The first-order chi connectivity index (χ1) is 20.3. The van der Waals surface area contributed by atoms with Crippen LogP contribution < -0.4 is 24.5 Å². The third-order valence-corrected chi connectivity index (χ3v) is 7.58. The van der Waals surface area contributed by atoms with Crippen molar-refractivity contribution in [2.75, 3.05) is 39.3 Å². The maximum absolute atomic E-state index is 13.9. The molecule has 0 fully saturated rings. The Balaban J connectivity index is 1.55. The second kappa shape index (κ2) is 12.4. The fraction of sp³-hybridized carbons (Fsp3) is 0.226. The van der Waals surface area contributed by atoms with Crippen LogP contribution in [-0.4, -0.2) is 50.9 Å². The summed E-state index contributed by atoms with van der Waals surface area (Å²) in [6.45, 7) is 2.00. The number of fused-ring (bicyclic) bond motifs is 1. The smallest absolute Gasteiger partial charge is 0.379 e. The van der Waals surface area contributed by atoms with Gasteiger partial charge in [-0.2, -0.15) is 0 Å². The highest BCUT2D eigenvalue weighted by atomic mass is 32.1. The predicted molar refractivity (Wildman–Crippen MR) is 157 cm³/mol. The maximum atomic E-state index is 13.9. The lowest BCUT2D eigenvalue weighted by Crippen LogP contribution is -2.40. The van der Waals surface area contributed by atoms with Crippen molar-refractivity contribution in [3.8, 4) is 5.75 Å². The van der Waals surface area contributed by atoms with E-state index in [1.807, 2.05) is 49.3 Å². The van der Waals surface area contributed by atoms with E-state index in [-0.39, 0.29) is 35.9 Å². The zero-order valence-electron chi connectivity index (χ0n) is 23.5. The van der Waals surface area contributed by atoms with Crippen molar-refractivity contribution in [3.63, 3.8) is 0 Å². The molecule has 1 atom stereocenters. The van der Waals surface area contributed by atoms with Gasteiger partial charge >= 0.3 is 11.9 Å². The van der Waals surface area contributed by atoms with E-state index in [2.05, 4.69) is 4.99 Å². The highest BCUT2D eigenvalue weighted by Gasteiger charge is 2.33. The molecular formula is C31H29N3O7S. The number of thiazole rings is 1. The average molecular weight is 588 g/mol. The van der Waals surface area contributed by atoms with E-state index in [0.717, 1.165) is 11.3 Å². The van der Waals surface area contributed by atoms with Gasteiger partial charge in [-0.05, 0) is 60.5 Å². The highest BCUT2D eigenvalue weighted by Crippen LogP contribution is 2.32. The number of ether oxygens (including phenoxy) is 3. The minimum atomic E-state index is -0.815. The number of rotatable bonds is 9. The summed E-state index contributed by atoms with van der Waals surface area (Å²) in [5.41, 5.74) is 2.91. The maximum Gasteiger partial charge on any atom is 0.379 e. The fourth-order valence-electron chi connectivity index (χ4n) is 4.48. The number of anilines is 1. The molecule has 11 heteroatoms. The Kier molecular flexibility index (Phi) is 8.51. The Labute approximate surface area is 245 Å². The molecule has 10 nitrogen and oxygen atoms in total. The van der Waals surface area contributed by atoms with E-state index in [1.165, 1.54) is 35.3 Å². The third kappa shape index (κ3) is 5.97. The number of benzene rings is 2. The van der Waals surface area contributed by atoms with Crippen LogP contribution in [0.3, 0.4) is 0 Å². The largest absolute Gasteiger partial charge is 0.460 e. The van der Waals surface area contributed by atoms with Crippen LogP contribution in [0.25, 0.3) is 6.08 Å². The molecule has 0 amide bonds. The second-order valence-electron chi connectivity index (χ2n) is 9.63. The average Bonchev–Trinajstić information content (AvgIpc) is 3.62. The number of methoxy groups -OCH3 is 1. The van der Waals surface area contributed by atoms with E-state index in [1.54, 1.807) is 37.3 Å². The Morgan fingerprint density at radius 3 is 2.43 bits per heavy atom. The SMILES string of the molecule is COCCOC(=O)C1=C(C)N=c2s/c(=C/c3ccc(N(C)C)cc3)c(=O)n2C1c1ccc(OC(=O)c2ccco2)cc1. The Morgan fingerprint density at radius 2 is 1.79 bits per heavy atom. The number of allylic oxidation sites excluding steroid dienone is 1. The first kappa shape index (κ1) is 28.8. The van der Waals surface area contributed by atoms with Crippen LogP contribution >= 0.6 is 11.3 Å². The number of esters is 2. The van der Waals surface area contributed by atoms with Gasteiger partial charge in [-0.15, -0.1) is 0 Å². The summed E-state index contributed by atoms with van der Waals surface area (Å²) in [7, 11) is 5.44. The normalized spacial score (nSPS) is 14.8. The molecule has 5 rings (SSSR count). The molecular weight excluding hydrogens is 558 g/mol. The number of aromatic nitrogens is 1. The molecule has 2 aromatic carbocycles. The van der Waals surface area contributed by atoms with E-state index in [0.29, 0.717) is 20.6 Å². The van der Waals surface area contributed by atoms with Crippen molar-refractivity contribution >= 4 is 35.0 Å². The van der Waals surface area contributed by atoms with Gasteiger partial charge in [0.1, 0.15) is 12.4 Å². The van der Waals surface area contributed by atoms with Crippen LogP contribution in [-0.2, 0) is 14.3 Å². The summed E-state index contributed by atoms with van der Waals surface area (Å²) in [5, 5.41) is 0. The summed E-state index contributed by atoms with van der Waals surface area (Å²) >= 11 is 1.25. The topological polar surface area (TPSA) is 113 Å². The van der Waals surface area contributed by atoms with Crippen LogP contribution in [0.5, 0.6) is 5.75 Å². The van der Waals surface area contributed by atoms with E-state index >= 15 is 0 Å². The summed E-state index contributed by atoms with van der Waals surface area (Å²) in [6, 6.07) is 16.7. The quantitative estimate of drug-likeness (QED) is 0.167. The molecule has 1 unspecified atom stereocenters. The van der Waals surface area contributed by atoms with Crippen molar-refractivity contribution < 1.29 is 28.2 Å². The van der Waals surface area contributed by atoms with Gasteiger partial charge in [-0.3, -0.25) is 9.36 Å². The lowest BCUT2D eigenvalue weighted by atomic mass is 9.96. The molecule has 1 aliphatic rings. The fourth-order valence-corrected chi connectivity index (χ4v) is 5.53. The van der Waals surface area contributed by atoms with E-state index in [9.17, 15) is 14.4 Å². The molecule has 0 saturated carbocycles. The molecule has 42 heavy (non-hydrogen) atoms. The summed E-state index contributed by atoms with van der Waals surface area (Å²) in [4.78, 5) is 46.6. The van der Waals surface area contributed by atoms with Gasteiger partial charge in [0, 0.05) is 26.9 Å². The zero-order chi connectivity index (χ0) is 29.8. The van der Waals surface area contributed by atoms with Crippen molar-refractivity contribution in [2.24, 2.45) is 4.99 Å². The van der Waals surface area contributed by atoms with Crippen LogP contribution in [0.15, 0.2) is 92.4 Å². The molecule has 0 aliphatic carbocycles. The number of nitrogens with zero attached hydrogens (tertiary/aromatic N) is 3. The van der Waals surface area contributed by atoms with Crippen molar-refractivity contribution in [1.29, 1.82) is 0 Å². The van der Waals surface area contributed by atoms with Crippen LogP contribution in [0.1, 0.15) is 34.6 Å². The summed E-state index contributed by atoms with van der Waals surface area (Å²) in [6.07, 6.45) is 3.20.